The average Bonchev–Trinajstić information content (AvgIpc) is 3.47. The number of anilines is 1. The fourth-order valence-corrected chi connectivity index (χ4v) is 3.87. The molecular formula is C20H27N5O2S. The van der Waals surface area contributed by atoms with Gasteiger partial charge in [-0.05, 0) is 57.9 Å². The molecule has 0 radical (unpaired) electrons. The Kier molecular flexibility index (Phi) is 6.72. The molecule has 1 aliphatic carbocycles. The van der Waals surface area contributed by atoms with Crippen LogP contribution in [0, 0.1) is 0 Å². The second-order valence-electron chi connectivity index (χ2n) is 6.75. The van der Waals surface area contributed by atoms with E-state index in [0.29, 0.717) is 30.3 Å². The summed E-state index contributed by atoms with van der Waals surface area (Å²) in [6, 6.07) is 7.02. The molecule has 7 nitrogen and oxygen atoms in total. The van der Waals surface area contributed by atoms with E-state index in [4.69, 9.17) is 0 Å². The van der Waals surface area contributed by atoms with E-state index in [2.05, 4.69) is 27.0 Å². The minimum absolute atomic E-state index is 0.00352. The first-order valence-corrected chi connectivity index (χ1v) is 10.8. The van der Waals surface area contributed by atoms with E-state index in [1.165, 1.54) is 24.6 Å². The lowest BCUT2D eigenvalue weighted by molar-refractivity contribution is -0.113. The fraction of sp³-hybridized carbons (Fsp3) is 0.500. The van der Waals surface area contributed by atoms with Gasteiger partial charge in [-0.2, -0.15) is 0 Å². The third kappa shape index (κ3) is 4.73. The number of carbonyl (C=O) groups is 2. The van der Waals surface area contributed by atoms with Crippen LogP contribution in [0.1, 0.15) is 55.7 Å². The van der Waals surface area contributed by atoms with Crippen molar-refractivity contribution < 1.29 is 9.59 Å². The third-order valence-corrected chi connectivity index (χ3v) is 5.77. The van der Waals surface area contributed by atoms with E-state index in [1.54, 1.807) is 29.2 Å². The molecule has 28 heavy (non-hydrogen) atoms. The summed E-state index contributed by atoms with van der Waals surface area (Å²) in [5.74, 6) is 1.74. The molecule has 1 aromatic carbocycles. The van der Waals surface area contributed by atoms with E-state index >= 15 is 0 Å². The van der Waals surface area contributed by atoms with Gasteiger partial charge < -0.3 is 14.8 Å². The van der Waals surface area contributed by atoms with Crippen molar-refractivity contribution in [1.29, 1.82) is 0 Å². The molecule has 0 spiro atoms. The minimum Gasteiger partial charge on any atom is -0.339 e. The van der Waals surface area contributed by atoms with Crippen LogP contribution < -0.4 is 5.32 Å². The Morgan fingerprint density at radius 3 is 2.39 bits per heavy atom. The first-order valence-electron chi connectivity index (χ1n) is 9.82. The molecule has 3 rings (SSSR count). The highest BCUT2D eigenvalue weighted by molar-refractivity contribution is 7.99. The minimum atomic E-state index is -0.105. The van der Waals surface area contributed by atoms with Crippen molar-refractivity contribution in [3.8, 4) is 0 Å². The highest BCUT2D eigenvalue weighted by Gasteiger charge is 2.30. The smallest absolute Gasteiger partial charge is 0.253 e. The van der Waals surface area contributed by atoms with Gasteiger partial charge in [0.1, 0.15) is 5.82 Å². The Labute approximate surface area is 169 Å². The second-order valence-corrected chi connectivity index (χ2v) is 7.69. The molecule has 0 unspecified atom stereocenters. The molecule has 8 heteroatoms. The number of benzene rings is 1. The molecule has 1 aliphatic rings. The van der Waals surface area contributed by atoms with Gasteiger partial charge in [0.15, 0.2) is 5.16 Å². The molecule has 0 aliphatic heterocycles. The van der Waals surface area contributed by atoms with Gasteiger partial charge in [-0.3, -0.25) is 9.59 Å². The van der Waals surface area contributed by atoms with Gasteiger partial charge in [-0.15, -0.1) is 10.2 Å². The van der Waals surface area contributed by atoms with Gasteiger partial charge in [0.25, 0.3) is 5.91 Å². The van der Waals surface area contributed by atoms with Crippen molar-refractivity contribution in [2.24, 2.45) is 0 Å². The fourth-order valence-electron chi connectivity index (χ4n) is 3.06. The Bertz CT molecular complexity index is 826. The predicted octanol–water partition coefficient (Wildman–Crippen LogP) is 3.39. The summed E-state index contributed by atoms with van der Waals surface area (Å²) in [5.41, 5.74) is 1.30. The number of hydrogen-bond acceptors (Lipinski definition) is 5. The Morgan fingerprint density at radius 2 is 1.82 bits per heavy atom. The quantitative estimate of drug-likeness (QED) is 0.652. The average molecular weight is 402 g/mol. The van der Waals surface area contributed by atoms with Gasteiger partial charge in [0.2, 0.25) is 5.91 Å². The molecule has 1 heterocycles. The summed E-state index contributed by atoms with van der Waals surface area (Å²) in [6.45, 7) is 8.15. The zero-order valence-electron chi connectivity index (χ0n) is 16.6. The maximum atomic E-state index is 12.3. The second kappa shape index (κ2) is 9.23. The number of rotatable bonds is 9. The van der Waals surface area contributed by atoms with Gasteiger partial charge in [-0.1, -0.05) is 11.8 Å². The van der Waals surface area contributed by atoms with Crippen molar-refractivity contribution in [2.45, 2.75) is 51.2 Å². The zero-order chi connectivity index (χ0) is 20.1. The number of nitrogens with zero attached hydrogens (tertiary/aromatic N) is 4. The molecule has 150 valence electrons. The number of hydrogen-bond donors (Lipinski definition) is 1. The maximum Gasteiger partial charge on any atom is 0.253 e. The zero-order valence-corrected chi connectivity index (χ0v) is 17.5. The summed E-state index contributed by atoms with van der Waals surface area (Å²) in [7, 11) is 0. The van der Waals surface area contributed by atoms with Crippen molar-refractivity contribution in [2.75, 3.05) is 24.2 Å². The Balaban J connectivity index is 1.54. The van der Waals surface area contributed by atoms with Crippen molar-refractivity contribution in [3.63, 3.8) is 0 Å². The van der Waals surface area contributed by atoms with Crippen LogP contribution in [-0.2, 0) is 11.3 Å². The van der Waals surface area contributed by atoms with Crippen LogP contribution in [0.15, 0.2) is 29.4 Å². The first-order chi connectivity index (χ1) is 13.6. The van der Waals surface area contributed by atoms with Crippen LogP contribution in [-0.4, -0.2) is 50.3 Å². The summed E-state index contributed by atoms with van der Waals surface area (Å²) in [5, 5.41) is 12.2. The van der Waals surface area contributed by atoms with Crippen LogP contribution in [0.25, 0.3) is 0 Å². The maximum absolute atomic E-state index is 12.3. The molecule has 0 atom stereocenters. The van der Waals surface area contributed by atoms with Crippen LogP contribution >= 0.6 is 11.8 Å². The van der Waals surface area contributed by atoms with E-state index in [0.717, 1.165) is 17.5 Å². The van der Waals surface area contributed by atoms with E-state index < -0.39 is 0 Å². The van der Waals surface area contributed by atoms with Gasteiger partial charge in [-0.25, -0.2) is 0 Å². The SMILES string of the molecule is CCN(CC)C(=O)c1ccc(NC(=O)CSc2nnc(C3CC3)n2CC)cc1. The normalized spacial score (nSPS) is 13.4. The summed E-state index contributed by atoms with van der Waals surface area (Å²) in [6.07, 6.45) is 2.35. The number of thioether (sulfide) groups is 1. The highest BCUT2D eigenvalue weighted by atomic mass is 32.2. The summed E-state index contributed by atoms with van der Waals surface area (Å²) < 4.78 is 2.10. The van der Waals surface area contributed by atoms with Crippen LogP contribution in [0.4, 0.5) is 5.69 Å². The van der Waals surface area contributed by atoms with Crippen LogP contribution in [0.5, 0.6) is 0 Å². The van der Waals surface area contributed by atoms with Gasteiger partial charge >= 0.3 is 0 Å². The predicted molar refractivity (Wildman–Crippen MR) is 111 cm³/mol. The van der Waals surface area contributed by atoms with Crippen molar-refractivity contribution in [3.05, 3.63) is 35.7 Å². The third-order valence-electron chi connectivity index (χ3n) is 4.80. The lowest BCUT2D eigenvalue weighted by atomic mass is 10.2. The topological polar surface area (TPSA) is 80.1 Å². The molecule has 1 saturated carbocycles. The van der Waals surface area contributed by atoms with E-state index in [-0.39, 0.29) is 17.6 Å². The highest BCUT2D eigenvalue weighted by Crippen LogP contribution is 2.39. The summed E-state index contributed by atoms with van der Waals surface area (Å²) >= 11 is 1.40. The summed E-state index contributed by atoms with van der Waals surface area (Å²) in [4.78, 5) is 26.4. The standard InChI is InChI=1S/C20H27N5O2S/c1-4-24(5-2)19(27)15-9-11-16(12-10-15)21-17(26)13-28-20-23-22-18(14-7-8-14)25(20)6-3/h9-12,14H,4-8,13H2,1-3H3,(H,21,26). The lowest BCUT2D eigenvalue weighted by Crippen LogP contribution is -2.30. The van der Waals surface area contributed by atoms with Crippen LogP contribution in [0.3, 0.4) is 0 Å². The largest absolute Gasteiger partial charge is 0.339 e. The number of aromatic nitrogens is 3. The number of carbonyl (C=O) groups excluding carboxylic acids is 2. The van der Waals surface area contributed by atoms with Crippen LogP contribution in [0.2, 0.25) is 0 Å². The molecular weight excluding hydrogens is 374 g/mol. The molecule has 1 fully saturated rings. The van der Waals surface area contributed by atoms with E-state index in [9.17, 15) is 9.59 Å². The van der Waals surface area contributed by atoms with Gasteiger partial charge in [0, 0.05) is 36.8 Å². The molecule has 0 saturated heterocycles. The first kappa shape index (κ1) is 20.4. The number of nitrogens with one attached hydrogen (secondary N) is 1. The monoisotopic (exact) mass is 401 g/mol. The van der Waals surface area contributed by atoms with E-state index in [1.807, 2.05) is 13.8 Å². The Hall–Kier alpha value is -2.35. The molecule has 2 amide bonds. The molecule has 2 aromatic rings. The molecule has 1 aromatic heterocycles. The number of amides is 2. The van der Waals surface area contributed by atoms with Crippen molar-refractivity contribution >= 4 is 29.3 Å². The van der Waals surface area contributed by atoms with Crippen molar-refractivity contribution in [1.82, 2.24) is 19.7 Å². The molecule has 0 bridgehead atoms. The Morgan fingerprint density at radius 1 is 1.14 bits per heavy atom. The lowest BCUT2D eigenvalue weighted by Gasteiger charge is -2.18. The molecule has 1 N–H and O–H groups in total. The van der Waals surface area contributed by atoms with Gasteiger partial charge in [0.05, 0.1) is 5.75 Å².